The third-order valence-electron chi connectivity index (χ3n) is 3.75. The number of nitrogens with one attached hydrogen (secondary N) is 1. The van der Waals surface area contributed by atoms with Gasteiger partial charge in [0.1, 0.15) is 5.82 Å². The van der Waals surface area contributed by atoms with Crippen molar-refractivity contribution in [3.8, 4) is 0 Å². The van der Waals surface area contributed by atoms with Gasteiger partial charge in [0.05, 0.1) is 19.2 Å². The van der Waals surface area contributed by atoms with Crippen LogP contribution >= 0.6 is 11.6 Å². The van der Waals surface area contributed by atoms with E-state index in [-0.39, 0.29) is 5.91 Å². The molecule has 3 aromatic rings. The number of hydrogen-bond acceptors (Lipinski definition) is 2. The van der Waals surface area contributed by atoms with Gasteiger partial charge in [-0.3, -0.25) is 4.79 Å². The fourth-order valence-electron chi connectivity index (χ4n) is 2.43. The minimum Gasteiger partial charge on any atom is -0.311 e. The van der Waals surface area contributed by atoms with Crippen molar-refractivity contribution in [1.29, 1.82) is 0 Å². The van der Waals surface area contributed by atoms with Crippen molar-refractivity contribution in [1.82, 2.24) is 9.78 Å². The van der Waals surface area contributed by atoms with Crippen molar-refractivity contribution in [2.75, 3.05) is 5.32 Å². The number of amides is 1. The summed E-state index contributed by atoms with van der Waals surface area (Å²) in [5, 5.41) is 7.86. The Morgan fingerprint density at radius 1 is 1.12 bits per heavy atom. The van der Waals surface area contributed by atoms with E-state index in [0.717, 1.165) is 11.1 Å². The van der Waals surface area contributed by atoms with Crippen LogP contribution in [-0.2, 0) is 17.8 Å². The number of aromatic nitrogens is 2. The molecule has 1 aromatic heterocycles. The molecule has 4 nitrogen and oxygen atoms in total. The van der Waals surface area contributed by atoms with Crippen LogP contribution in [0.4, 0.5) is 5.82 Å². The van der Waals surface area contributed by atoms with Crippen molar-refractivity contribution in [3.05, 3.63) is 82.5 Å². The summed E-state index contributed by atoms with van der Waals surface area (Å²) in [6.45, 7) is 2.53. The van der Waals surface area contributed by atoms with Gasteiger partial charge < -0.3 is 5.32 Å². The first-order chi connectivity index (χ1) is 11.6. The highest BCUT2D eigenvalue weighted by molar-refractivity contribution is 6.31. The van der Waals surface area contributed by atoms with E-state index >= 15 is 0 Å². The van der Waals surface area contributed by atoms with Crippen LogP contribution in [0.1, 0.15) is 16.7 Å². The van der Waals surface area contributed by atoms with E-state index in [9.17, 15) is 4.79 Å². The summed E-state index contributed by atoms with van der Waals surface area (Å²) in [6.07, 6.45) is 2.00. The van der Waals surface area contributed by atoms with Crippen LogP contribution in [0.2, 0.25) is 5.02 Å². The van der Waals surface area contributed by atoms with Crippen LogP contribution in [0.15, 0.2) is 60.8 Å². The van der Waals surface area contributed by atoms with E-state index in [1.165, 1.54) is 5.56 Å². The van der Waals surface area contributed by atoms with Crippen molar-refractivity contribution >= 4 is 23.3 Å². The van der Waals surface area contributed by atoms with Gasteiger partial charge in [-0.1, -0.05) is 59.6 Å². The number of hydrogen-bond donors (Lipinski definition) is 1. The lowest BCUT2D eigenvalue weighted by Gasteiger charge is -2.10. The summed E-state index contributed by atoms with van der Waals surface area (Å²) in [7, 11) is 0. The van der Waals surface area contributed by atoms with Gasteiger partial charge in [-0.25, -0.2) is 4.68 Å². The second kappa shape index (κ2) is 7.32. The van der Waals surface area contributed by atoms with Gasteiger partial charge in [0.2, 0.25) is 5.91 Å². The summed E-state index contributed by atoms with van der Waals surface area (Å²) in [6, 6.07) is 17.3. The minimum absolute atomic E-state index is 0.0697. The number of carbonyl (C=O) groups is 1. The molecule has 0 unspecified atom stereocenters. The number of nitrogens with zero attached hydrogens (tertiary/aromatic N) is 2. The quantitative estimate of drug-likeness (QED) is 0.761. The summed E-state index contributed by atoms with van der Waals surface area (Å²) < 4.78 is 1.73. The molecule has 1 N–H and O–H groups in total. The third kappa shape index (κ3) is 4.03. The van der Waals surface area contributed by atoms with Crippen molar-refractivity contribution in [3.63, 3.8) is 0 Å². The molecule has 0 fully saturated rings. The molecular weight excluding hydrogens is 322 g/mol. The lowest BCUT2D eigenvalue weighted by Crippen LogP contribution is -2.18. The summed E-state index contributed by atoms with van der Waals surface area (Å²) in [5.74, 6) is 0.590. The zero-order chi connectivity index (χ0) is 16.9. The van der Waals surface area contributed by atoms with Crippen LogP contribution in [0.5, 0.6) is 0 Å². The van der Waals surface area contributed by atoms with Crippen LogP contribution in [0, 0.1) is 6.92 Å². The maximum absolute atomic E-state index is 12.3. The number of anilines is 1. The van der Waals surface area contributed by atoms with Crippen molar-refractivity contribution < 1.29 is 4.79 Å². The van der Waals surface area contributed by atoms with E-state index in [4.69, 9.17) is 11.6 Å². The Hall–Kier alpha value is -2.59. The highest BCUT2D eigenvalue weighted by Crippen LogP contribution is 2.18. The predicted octanol–water partition coefficient (Wildman–Crippen LogP) is 4.07. The minimum atomic E-state index is -0.0697. The second-order valence-electron chi connectivity index (χ2n) is 5.68. The zero-order valence-electron chi connectivity index (χ0n) is 13.4. The Morgan fingerprint density at radius 3 is 2.62 bits per heavy atom. The van der Waals surface area contributed by atoms with Gasteiger partial charge >= 0.3 is 0 Å². The normalized spacial score (nSPS) is 10.6. The molecule has 0 saturated heterocycles. The molecule has 24 heavy (non-hydrogen) atoms. The molecule has 1 heterocycles. The van der Waals surface area contributed by atoms with E-state index in [0.29, 0.717) is 23.8 Å². The molecule has 0 bridgehead atoms. The average molecular weight is 340 g/mol. The molecule has 0 aliphatic carbocycles. The van der Waals surface area contributed by atoms with E-state index < -0.39 is 0 Å². The monoisotopic (exact) mass is 339 g/mol. The molecule has 0 radical (unpaired) electrons. The first kappa shape index (κ1) is 16.3. The molecule has 0 aliphatic heterocycles. The molecule has 5 heteroatoms. The van der Waals surface area contributed by atoms with Crippen LogP contribution < -0.4 is 5.32 Å². The average Bonchev–Trinajstić information content (AvgIpc) is 2.99. The molecule has 1 amide bonds. The zero-order valence-corrected chi connectivity index (χ0v) is 14.1. The maximum atomic E-state index is 12.3. The Labute approximate surface area is 146 Å². The fourth-order valence-corrected chi connectivity index (χ4v) is 2.63. The smallest absolute Gasteiger partial charge is 0.229 e. The van der Waals surface area contributed by atoms with Crippen molar-refractivity contribution in [2.24, 2.45) is 0 Å². The van der Waals surface area contributed by atoms with Gasteiger partial charge in [0.15, 0.2) is 0 Å². The van der Waals surface area contributed by atoms with Gasteiger partial charge in [-0.2, -0.15) is 5.10 Å². The third-order valence-corrected chi connectivity index (χ3v) is 4.12. The molecule has 0 atom stereocenters. The topological polar surface area (TPSA) is 46.9 Å². The molecule has 3 rings (SSSR count). The van der Waals surface area contributed by atoms with Gasteiger partial charge in [0.25, 0.3) is 0 Å². The number of carbonyl (C=O) groups excluding carboxylic acids is 1. The lowest BCUT2D eigenvalue weighted by atomic mass is 10.1. The Bertz CT molecular complexity index is 840. The Balaban J connectivity index is 1.68. The van der Waals surface area contributed by atoms with Gasteiger partial charge in [-0.05, 0) is 24.1 Å². The fraction of sp³-hybridized carbons (Fsp3) is 0.158. The largest absolute Gasteiger partial charge is 0.311 e. The van der Waals surface area contributed by atoms with E-state index in [2.05, 4.69) is 10.4 Å². The van der Waals surface area contributed by atoms with Crippen molar-refractivity contribution in [2.45, 2.75) is 19.9 Å². The standard InChI is InChI=1S/C19H18ClN3O/c1-14-6-8-15(9-7-14)12-19(24)22-18-10-11-21-23(18)13-16-4-2-3-5-17(16)20/h2-11H,12-13H2,1H3,(H,22,24). The predicted molar refractivity (Wildman–Crippen MR) is 96.3 cm³/mol. The maximum Gasteiger partial charge on any atom is 0.229 e. The summed E-state index contributed by atoms with van der Waals surface area (Å²) >= 11 is 6.19. The number of halogens is 1. The number of rotatable bonds is 5. The lowest BCUT2D eigenvalue weighted by molar-refractivity contribution is -0.115. The van der Waals surface area contributed by atoms with Gasteiger partial charge in [0, 0.05) is 11.1 Å². The summed E-state index contributed by atoms with van der Waals surface area (Å²) in [4.78, 5) is 12.3. The summed E-state index contributed by atoms with van der Waals surface area (Å²) in [5.41, 5.74) is 3.11. The Kier molecular flexibility index (Phi) is 4.96. The number of aryl methyl sites for hydroxylation is 1. The highest BCUT2D eigenvalue weighted by Gasteiger charge is 2.10. The number of benzene rings is 2. The van der Waals surface area contributed by atoms with Crippen LogP contribution in [-0.4, -0.2) is 15.7 Å². The van der Waals surface area contributed by atoms with Gasteiger partial charge in [-0.15, -0.1) is 0 Å². The van der Waals surface area contributed by atoms with E-state index in [1.807, 2.05) is 55.5 Å². The molecule has 2 aromatic carbocycles. The van der Waals surface area contributed by atoms with E-state index in [1.54, 1.807) is 16.9 Å². The molecule has 122 valence electrons. The molecule has 0 spiro atoms. The van der Waals surface area contributed by atoms with Crippen LogP contribution in [0.3, 0.4) is 0 Å². The molecule has 0 saturated carbocycles. The second-order valence-corrected chi connectivity index (χ2v) is 6.08. The molecular formula is C19H18ClN3O. The Morgan fingerprint density at radius 2 is 1.88 bits per heavy atom. The first-order valence-electron chi connectivity index (χ1n) is 7.72. The first-order valence-corrected chi connectivity index (χ1v) is 8.10. The highest BCUT2D eigenvalue weighted by atomic mass is 35.5. The van der Waals surface area contributed by atoms with Crippen LogP contribution in [0.25, 0.3) is 0 Å². The SMILES string of the molecule is Cc1ccc(CC(=O)Nc2ccnn2Cc2ccccc2Cl)cc1. The molecule has 0 aliphatic rings.